The van der Waals surface area contributed by atoms with Gasteiger partial charge in [-0.2, -0.15) is 5.10 Å². The zero-order valence-corrected chi connectivity index (χ0v) is 10.7. The minimum atomic E-state index is -0.00273. The van der Waals surface area contributed by atoms with E-state index < -0.39 is 0 Å². The number of nitrogens with two attached hydrogens (primary N) is 1. The molecule has 0 radical (unpaired) electrons. The standard InChI is InChI=1S/C14H16N4O/c1-18-14-5-3-2-4-11(14)13(17-18)8-12(16-15)10-6-7-19-9-10/h2-7,9,12,16H,8,15H2,1H3. The molecule has 1 atom stereocenters. The van der Waals surface area contributed by atoms with Gasteiger partial charge >= 0.3 is 0 Å². The summed E-state index contributed by atoms with van der Waals surface area (Å²) in [5.74, 6) is 5.64. The van der Waals surface area contributed by atoms with Crippen LogP contribution in [0.2, 0.25) is 0 Å². The second kappa shape index (κ2) is 4.87. The van der Waals surface area contributed by atoms with Crippen molar-refractivity contribution in [1.29, 1.82) is 0 Å². The molecule has 1 unspecified atom stereocenters. The fourth-order valence-electron chi connectivity index (χ4n) is 2.38. The van der Waals surface area contributed by atoms with Gasteiger partial charge in [-0.25, -0.2) is 0 Å². The molecule has 0 bridgehead atoms. The molecule has 2 heterocycles. The topological polar surface area (TPSA) is 69.0 Å². The van der Waals surface area contributed by atoms with Crippen molar-refractivity contribution in [2.45, 2.75) is 12.5 Å². The molecule has 5 heteroatoms. The smallest absolute Gasteiger partial charge is 0.0951 e. The maximum atomic E-state index is 5.64. The number of nitrogens with one attached hydrogen (secondary N) is 1. The summed E-state index contributed by atoms with van der Waals surface area (Å²) in [7, 11) is 1.95. The van der Waals surface area contributed by atoms with E-state index in [-0.39, 0.29) is 6.04 Å². The first kappa shape index (κ1) is 12.0. The van der Waals surface area contributed by atoms with Gasteiger partial charge in [-0.05, 0) is 12.1 Å². The molecule has 0 fully saturated rings. The highest BCUT2D eigenvalue weighted by Gasteiger charge is 2.16. The third kappa shape index (κ3) is 2.14. The summed E-state index contributed by atoms with van der Waals surface area (Å²) in [5, 5.41) is 5.74. The highest BCUT2D eigenvalue weighted by Crippen LogP contribution is 2.23. The van der Waals surface area contributed by atoms with Gasteiger partial charge in [0.25, 0.3) is 0 Å². The van der Waals surface area contributed by atoms with Crippen LogP contribution < -0.4 is 11.3 Å². The second-order valence-electron chi connectivity index (χ2n) is 4.57. The van der Waals surface area contributed by atoms with Crippen molar-refractivity contribution in [3.63, 3.8) is 0 Å². The Bertz CT molecular complexity index is 672. The van der Waals surface area contributed by atoms with Gasteiger partial charge in [0.1, 0.15) is 0 Å². The minimum absolute atomic E-state index is 0.00273. The van der Waals surface area contributed by atoms with Crippen molar-refractivity contribution in [3.05, 3.63) is 54.1 Å². The van der Waals surface area contributed by atoms with E-state index in [4.69, 9.17) is 10.3 Å². The lowest BCUT2D eigenvalue weighted by molar-refractivity contribution is 0.521. The van der Waals surface area contributed by atoms with Crippen molar-refractivity contribution in [3.8, 4) is 0 Å². The second-order valence-corrected chi connectivity index (χ2v) is 4.57. The van der Waals surface area contributed by atoms with Crippen LogP contribution >= 0.6 is 0 Å². The van der Waals surface area contributed by atoms with Crippen LogP contribution in [0.1, 0.15) is 17.3 Å². The molecule has 98 valence electrons. The van der Waals surface area contributed by atoms with Gasteiger partial charge in [0, 0.05) is 24.4 Å². The van der Waals surface area contributed by atoms with E-state index >= 15 is 0 Å². The molecule has 0 aliphatic carbocycles. The van der Waals surface area contributed by atoms with Crippen LogP contribution in [0.25, 0.3) is 10.9 Å². The van der Waals surface area contributed by atoms with Crippen LogP contribution in [-0.4, -0.2) is 9.78 Å². The first-order valence-corrected chi connectivity index (χ1v) is 6.18. The van der Waals surface area contributed by atoms with E-state index in [0.717, 1.165) is 28.6 Å². The fourth-order valence-corrected chi connectivity index (χ4v) is 2.38. The molecule has 3 N–H and O–H groups in total. The number of benzene rings is 1. The predicted molar refractivity (Wildman–Crippen MR) is 73.2 cm³/mol. The Hall–Kier alpha value is -2.11. The number of hydrazine groups is 1. The molecule has 0 aliphatic rings. The SMILES string of the molecule is Cn1nc(CC(NN)c2ccoc2)c2ccccc21. The lowest BCUT2D eigenvalue weighted by Crippen LogP contribution is -2.29. The molecule has 3 rings (SSSR count). The Labute approximate surface area is 111 Å². The van der Waals surface area contributed by atoms with Crippen LogP contribution in [0.15, 0.2) is 47.3 Å². The van der Waals surface area contributed by atoms with Gasteiger partial charge in [-0.1, -0.05) is 18.2 Å². The highest BCUT2D eigenvalue weighted by molar-refractivity contribution is 5.81. The van der Waals surface area contributed by atoms with Gasteiger partial charge in [0.05, 0.1) is 29.8 Å². The number of aryl methyl sites for hydroxylation is 1. The van der Waals surface area contributed by atoms with E-state index in [1.165, 1.54) is 0 Å². The Morgan fingerprint density at radius 3 is 2.95 bits per heavy atom. The molecule has 0 spiro atoms. The molecule has 2 aromatic heterocycles. The van der Waals surface area contributed by atoms with E-state index in [0.29, 0.717) is 0 Å². The van der Waals surface area contributed by atoms with Gasteiger partial charge in [0.2, 0.25) is 0 Å². The number of hydrogen-bond donors (Lipinski definition) is 2. The zero-order chi connectivity index (χ0) is 13.2. The molecule has 0 aliphatic heterocycles. The van der Waals surface area contributed by atoms with E-state index in [1.807, 2.05) is 29.9 Å². The summed E-state index contributed by atoms with van der Waals surface area (Å²) in [6.45, 7) is 0. The Kier molecular flexibility index (Phi) is 3.06. The summed E-state index contributed by atoms with van der Waals surface area (Å²) < 4.78 is 7.00. The van der Waals surface area contributed by atoms with Crippen molar-refractivity contribution in [2.75, 3.05) is 0 Å². The number of aromatic nitrogens is 2. The summed E-state index contributed by atoms with van der Waals surface area (Å²) in [4.78, 5) is 0. The Morgan fingerprint density at radius 2 is 2.21 bits per heavy atom. The highest BCUT2D eigenvalue weighted by atomic mass is 16.3. The first-order chi connectivity index (χ1) is 9.29. The van der Waals surface area contributed by atoms with Crippen molar-refractivity contribution < 1.29 is 4.42 Å². The van der Waals surface area contributed by atoms with Crippen molar-refractivity contribution in [2.24, 2.45) is 12.9 Å². The predicted octanol–water partition coefficient (Wildman–Crippen LogP) is 1.91. The van der Waals surface area contributed by atoms with Crippen LogP contribution in [0, 0.1) is 0 Å². The van der Waals surface area contributed by atoms with Gasteiger partial charge in [-0.3, -0.25) is 16.0 Å². The minimum Gasteiger partial charge on any atom is -0.472 e. The normalized spacial score (nSPS) is 12.9. The number of fused-ring (bicyclic) bond motifs is 1. The maximum Gasteiger partial charge on any atom is 0.0951 e. The van der Waals surface area contributed by atoms with Crippen molar-refractivity contribution >= 4 is 10.9 Å². The third-order valence-electron chi connectivity index (χ3n) is 3.38. The molecule has 5 nitrogen and oxygen atoms in total. The molecule has 19 heavy (non-hydrogen) atoms. The van der Waals surface area contributed by atoms with Crippen LogP contribution in [0.4, 0.5) is 0 Å². The lowest BCUT2D eigenvalue weighted by Gasteiger charge is -2.12. The Morgan fingerprint density at radius 1 is 1.37 bits per heavy atom. The molecule has 0 amide bonds. The van der Waals surface area contributed by atoms with Crippen molar-refractivity contribution in [1.82, 2.24) is 15.2 Å². The molecule has 0 saturated heterocycles. The number of para-hydroxylation sites is 1. The average Bonchev–Trinajstić information content (AvgIpc) is 3.06. The lowest BCUT2D eigenvalue weighted by atomic mass is 10.0. The Balaban J connectivity index is 1.97. The third-order valence-corrected chi connectivity index (χ3v) is 3.38. The van der Waals surface area contributed by atoms with E-state index in [9.17, 15) is 0 Å². The summed E-state index contributed by atoms with van der Waals surface area (Å²) in [6.07, 6.45) is 4.07. The summed E-state index contributed by atoms with van der Waals surface area (Å²) in [5.41, 5.74) is 6.00. The van der Waals surface area contributed by atoms with Gasteiger partial charge in [0.15, 0.2) is 0 Å². The average molecular weight is 256 g/mol. The molecule has 1 aromatic carbocycles. The molecule has 3 aromatic rings. The quantitative estimate of drug-likeness (QED) is 0.552. The van der Waals surface area contributed by atoms with Crippen LogP contribution in [0.3, 0.4) is 0 Å². The molecule has 0 saturated carbocycles. The largest absolute Gasteiger partial charge is 0.472 e. The number of furan rings is 1. The maximum absolute atomic E-state index is 5.64. The zero-order valence-electron chi connectivity index (χ0n) is 10.7. The van der Waals surface area contributed by atoms with Gasteiger partial charge < -0.3 is 4.42 Å². The number of hydrogen-bond acceptors (Lipinski definition) is 4. The van der Waals surface area contributed by atoms with Gasteiger partial charge in [-0.15, -0.1) is 0 Å². The number of nitrogens with zero attached hydrogens (tertiary/aromatic N) is 2. The fraction of sp³-hybridized carbons (Fsp3) is 0.214. The van der Waals surface area contributed by atoms with Crippen LogP contribution in [-0.2, 0) is 13.5 Å². The van der Waals surface area contributed by atoms with E-state index in [2.05, 4.69) is 22.7 Å². The summed E-state index contributed by atoms with van der Waals surface area (Å²) in [6, 6.07) is 10.1. The summed E-state index contributed by atoms with van der Waals surface area (Å²) >= 11 is 0. The van der Waals surface area contributed by atoms with E-state index in [1.54, 1.807) is 12.5 Å². The monoisotopic (exact) mass is 256 g/mol. The molecular weight excluding hydrogens is 240 g/mol. The molecular formula is C14H16N4O. The first-order valence-electron chi connectivity index (χ1n) is 6.18. The number of rotatable bonds is 4. The van der Waals surface area contributed by atoms with Crippen LogP contribution in [0.5, 0.6) is 0 Å².